The third-order valence-corrected chi connectivity index (χ3v) is 6.29. The van der Waals surface area contributed by atoms with E-state index in [1.54, 1.807) is 48.7 Å². The summed E-state index contributed by atoms with van der Waals surface area (Å²) in [6.45, 7) is 4.80. The Morgan fingerprint density at radius 1 is 1.17 bits per heavy atom. The van der Waals surface area contributed by atoms with Gasteiger partial charge in [-0.2, -0.15) is 0 Å². The molecule has 0 bridgehead atoms. The monoisotopic (exact) mass is 483 g/mol. The van der Waals surface area contributed by atoms with Crippen LogP contribution in [0, 0.1) is 0 Å². The number of carbonyl (C=O) groups is 2. The molecule has 1 aliphatic heterocycles. The Morgan fingerprint density at radius 2 is 1.94 bits per heavy atom. The molecule has 10 nitrogen and oxygen atoms in total. The van der Waals surface area contributed by atoms with Crippen molar-refractivity contribution >= 4 is 29.1 Å². The van der Waals surface area contributed by atoms with Crippen molar-refractivity contribution in [1.29, 1.82) is 0 Å². The van der Waals surface area contributed by atoms with Crippen LogP contribution in [0.1, 0.15) is 28.4 Å². The van der Waals surface area contributed by atoms with E-state index in [1.165, 1.54) is 6.08 Å². The topological polar surface area (TPSA) is 128 Å². The molecule has 1 unspecified atom stereocenters. The zero-order valence-electron chi connectivity index (χ0n) is 19.7. The Labute approximate surface area is 207 Å². The van der Waals surface area contributed by atoms with Crippen molar-refractivity contribution < 1.29 is 14.3 Å². The first-order valence-electron chi connectivity index (χ1n) is 11.4. The Hall–Kier alpha value is -4.73. The molecule has 1 atom stereocenters. The number of amides is 2. The number of benzene rings is 1. The number of nitrogens with zero attached hydrogens (tertiary/aromatic N) is 5. The third-order valence-electron chi connectivity index (χ3n) is 6.29. The molecule has 1 aromatic carbocycles. The number of nitrogen functional groups attached to an aromatic ring is 1. The largest absolute Gasteiger partial charge is 0.497 e. The predicted octanol–water partition coefficient (Wildman–Crippen LogP) is 3.14. The highest BCUT2D eigenvalue weighted by Crippen LogP contribution is 2.34. The number of nitrogens with one attached hydrogen (secondary N) is 1. The zero-order chi connectivity index (χ0) is 25.2. The lowest BCUT2D eigenvalue weighted by molar-refractivity contribution is -0.125. The van der Waals surface area contributed by atoms with E-state index >= 15 is 0 Å². The summed E-state index contributed by atoms with van der Waals surface area (Å²) in [6, 6.07) is 12.3. The number of carbonyl (C=O) groups excluding carboxylic acids is 2. The molecule has 10 heteroatoms. The van der Waals surface area contributed by atoms with Gasteiger partial charge in [-0.15, -0.1) is 0 Å². The van der Waals surface area contributed by atoms with E-state index in [2.05, 4.69) is 21.9 Å². The van der Waals surface area contributed by atoms with Crippen LogP contribution in [0.15, 0.2) is 67.5 Å². The second-order valence-corrected chi connectivity index (χ2v) is 8.43. The summed E-state index contributed by atoms with van der Waals surface area (Å²) in [5.41, 5.74) is 9.20. The molecule has 1 aliphatic rings. The first kappa shape index (κ1) is 23.0. The number of methoxy groups -OCH3 is 1. The standard InChI is InChI=1S/C26H25N7O3/c1-3-22(34)32-13-10-18(15-32)23-20-9-12-29-26(27)33(20)24(31-23)16-4-6-17(7-5-16)25(35)30-21-14-19(36-2)8-11-28-21/h3-9,11-12,14,18H,1,10,13,15H2,2H3,(H2,27,29)(H,28,30,35). The highest BCUT2D eigenvalue weighted by atomic mass is 16.5. The number of anilines is 2. The molecule has 5 rings (SSSR count). The van der Waals surface area contributed by atoms with Gasteiger partial charge in [0.25, 0.3) is 5.91 Å². The van der Waals surface area contributed by atoms with E-state index < -0.39 is 0 Å². The summed E-state index contributed by atoms with van der Waals surface area (Å²) < 4.78 is 6.98. The Bertz CT molecular complexity index is 1460. The number of hydrogen-bond donors (Lipinski definition) is 2. The minimum atomic E-state index is -0.296. The van der Waals surface area contributed by atoms with Gasteiger partial charge in [0.15, 0.2) is 0 Å². The predicted molar refractivity (Wildman–Crippen MR) is 136 cm³/mol. The Morgan fingerprint density at radius 3 is 2.69 bits per heavy atom. The van der Waals surface area contributed by atoms with E-state index in [1.807, 2.05) is 22.6 Å². The van der Waals surface area contributed by atoms with Crippen LogP contribution in [-0.2, 0) is 4.79 Å². The third kappa shape index (κ3) is 4.24. The lowest BCUT2D eigenvalue weighted by Gasteiger charge is -2.13. The maximum Gasteiger partial charge on any atom is 0.256 e. The number of nitrogens with two attached hydrogens (primary N) is 1. The molecule has 4 heterocycles. The number of ether oxygens (including phenoxy) is 1. The fourth-order valence-corrected chi connectivity index (χ4v) is 4.46. The average molecular weight is 484 g/mol. The smallest absolute Gasteiger partial charge is 0.256 e. The van der Waals surface area contributed by atoms with Crippen molar-refractivity contribution in [3.05, 3.63) is 78.8 Å². The van der Waals surface area contributed by atoms with E-state index in [9.17, 15) is 9.59 Å². The average Bonchev–Trinajstić information content (AvgIpc) is 3.54. The quantitative estimate of drug-likeness (QED) is 0.403. The molecule has 2 amide bonds. The first-order valence-corrected chi connectivity index (χ1v) is 11.4. The number of imidazole rings is 1. The maximum atomic E-state index is 12.7. The SMILES string of the molecule is C=CC(=O)N1CCC(c2nc(-c3ccc(C(=O)Nc4cc(OC)ccn4)cc3)n3c(N)nccc23)C1. The highest BCUT2D eigenvalue weighted by Gasteiger charge is 2.30. The molecule has 0 radical (unpaired) electrons. The molecule has 0 spiro atoms. The molecule has 36 heavy (non-hydrogen) atoms. The van der Waals surface area contributed by atoms with E-state index in [0.29, 0.717) is 42.0 Å². The molecular formula is C26H25N7O3. The van der Waals surface area contributed by atoms with Crippen molar-refractivity contribution in [2.24, 2.45) is 0 Å². The van der Waals surface area contributed by atoms with Crippen LogP contribution in [0.4, 0.5) is 11.8 Å². The number of pyridine rings is 1. The van der Waals surface area contributed by atoms with Crippen LogP contribution in [-0.4, -0.2) is 56.3 Å². The van der Waals surface area contributed by atoms with Gasteiger partial charge in [-0.25, -0.2) is 15.0 Å². The van der Waals surface area contributed by atoms with Crippen molar-refractivity contribution in [2.75, 3.05) is 31.2 Å². The molecule has 4 aromatic rings. The second-order valence-electron chi connectivity index (χ2n) is 8.43. The van der Waals surface area contributed by atoms with Gasteiger partial charge in [-0.05, 0) is 36.8 Å². The summed E-state index contributed by atoms with van der Waals surface area (Å²) in [6.07, 6.45) is 5.35. The molecule has 0 saturated carbocycles. The fraction of sp³-hybridized carbons (Fsp3) is 0.192. The molecule has 182 valence electrons. The van der Waals surface area contributed by atoms with Crippen LogP contribution in [0.25, 0.3) is 16.9 Å². The van der Waals surface area contributed by atoms with Gasteiger partial charge < -0.3 is 20.7 Å². The van der Waals surface area contributed by atoms with Gasteiger partial charge in [0.2, 0.25) is 11.9 Å². The maximum absolute atomic E-state index is 12.7. The number of likely N-dealkylation sites (tertiary alicyclic amines) is 1. The van der Waals surface area contributed by atoms with E-state index in [-0.39, 0.29) is 17.7 Å². The fourth-order valence-electron chi connectivity index (χ4n) is 4.46. The van der Waals surface area contributed by atoms with Crippen LogP contribution in [0.3, 0.4) is 0 Å². The number of aromatic nitrogens is 4. The number of hydrogen-bond acceptors (Lipinski definition) is 7. The van der Waals surface area contributed by atoms with Gasteiger partial charge >= 0.3 is 0 Å². The van der Waals surface area contributed by atoms with Gasteiger partial charge in [0, 0.05) is 48.6 Å². The highest BCUT2D eigenvalue weighted by molar-refractivity contribution is 6.04. The summed E-state index contributed by atoms with van der Waals surface area (Å²) in [4.78, 5) is 39.9. The Balaban J connectivity index is 1.44. The Kier molecular flexibility index (Phi) is 6.07. The molecule has 1 fully saturated rings. The molecular weight excluding hydrogens is 458 g/mol. The van der Waals surface area contributed by atoms with Gasteiger partial charge in [-0.3, -0.25) is 14.0 Å². The van der Waals surface area contributed by atoms with Crippen molar-refractivity contribution in [1.82, 2.24) is 24.3 Å². The van der Waals surface area contributed by atoms with E-state index in [4.69, 9.17) is 15.5 Å². The van der Waals surface area contributed by atoms with Crippen molar-refractivity contribution in [3.63, 3.8) is 0 Å². The zero-order valence-corrected chi connectivity index (χ0v) is 19.7. The van der Waals surface area contributed by atoms with Crippen LogP contribution < -0.4 is 15.8 Å². The minimum absolute atomic E-state index is 0.0693. The number of fused-ring (bicyclic) bond motifs is 1. The first-order chi connectivity index (χ1) is 17.5. The van der Waals surface area contributed by atoms with Gasteiger partial charge in [0.05, 0.1) is 18.3 Å². The van der Waals surface area contributed by atoms with E-state index in [0.717, 1.165) is 23.2 Å². The lowest BCUT2D eigenvalue weighted by Crippen LogP contribution is -2.26. The normalized spacial score (nSPS) is 15.1. The summed E-state index contributed by atoms with van der Waals surface area (Å²) >= 11 is 0. The van der Waals surface area contributed by atoms with Crippen LogP contribution >= 0.6 is 0 Å². The molecule has 0 aliphatic carbocycles. The summed E-state index contributed by atoms with van der Waals surface area (Å²) in [5, 5.41) is 2.77. The van der Waals surface area contributed by atoms with Gasteiger partial charge in [0.1, 0.15) is 17.4 Å². The second kappa shape index (κ2) is 9.49. The van der Waals surface area contributed by atoms with Gasteiger partial charge in [-0.1, -0.05) is 18.7 Å². The minimum Gasteiger partial charge on any atom is -0.497 e. The summed E-state index contributed by atoms with van der Waals surface area (Å²) in [5.74, 6) is 1.62. The number of rotatable bonds is 6. The van der Waals surface area contributed by atoms with Crippen LogP contribution in [0.2, 0.25) is 0 Å². The van der Waals surface area contributed by atoms with Crippen molar-refractivity contribution in [2.45, 2.75) is 12.3 Å². The van der Waals surface area contributed by atoms with Crippen LogP contribution in [0.5, 0.6) is 5.75 Å². The summed E-state index contributed by atoms with van der Waals surface area (Å²) in [7, 11) is 1.55. The lowest BCUT2D eigenvalue weighted by atomic mass is 10.0. The molecule has 3 aromatic heterocycles. The molecule has 3 N–H and O–H groups in total. The molecule has 1 saturated heterocycles. The van der Waals surface area contributed by atoms with Crippen molar-refractivity contribution in [3.8, 4) is 17.1 Å².